The second-order valence-corrected chi connectivity index (χ2v) is 6.30. The van der Waals surface area contributed by atoms with E-state index in [9.17, 15) is 4.79 Å². The highest BCUT2D eigenvalue weighted by Crippen LogP contribution is 2.27. The van der Waals surface area contributed by atoms with Crippen LogP contribution in [0.5, 0.6) is 0 Å². The number of carbonyl (C=O) groups is 1. The molecule has 23 heavy (non-hydrogen) atoms. The van der Waals surface area contributed by atoms with E-state index in [4.69, 9.17) is 0 Å². The van der Waals surface area contributed by atoms with Gasteiger partial charge in [-0.2, -0.15) is 5.10 Å². The number of aromatic nitrogens is 3. The minimum Gasteiger partial charge on any atom is -0.320 e. The number of hydrogen-bond acceptors (Lipinski definition) is 3. The molecular formula is C17H19N5O. The number of urea groups is 1. The lowest BCUT2D eigenvalue weighted by Crippen LogP contribution is -2.38. The van der Waals surface area contributed by atoms with Gasteiger partial charge in [-0.3, -0.25) is 9.58 Å². The Labute approximate surface area is 135 Å². The van der Waals surface area contributed by atoms with Crippen LogP contribution in [0.3, 0.4) is 0 Å². The molecule has 2 aromatic heterocycles. The van der Waals surface area contributed by atoms with E-state index in [0.717, 1.165) is 11.1 Å². The van der Waals surface area contributed by atoms with Gasteiger partial charge in [0.05, 0.1) is 23.8 Å². The molecule has 0 atom stereocenters. The van der Waals surface area contributed by atoms with Crippen molar-refractivity contribution in [3.63, 3.8) is 0 Å². The first-order valence-electron chi connectivity index (χ1n) is 7.39. The summed E-state index contributed by atoms with van der Waals surface area (Å²) in [5.74, 6) is 6.74. The number of anilines is 1. The van der Waals surface area contributed by atoms with Gasteiger partial charge < -0.3 is 4.90 Å². The first kappa shape index (κ1) is 15.1. The van der Waals surface area contributed by atoms with Crippen LogP contribution < -0.4 is 4.90 Å². The quantitative estimate of drug-likeness (QED) is 0.756. The summed E-state index contributed by atoms with van der Waals surface area (Å²) in [5, 5.41) is 4.07. The summed E-state index contributed by atoms with van der Waals surface area (Å²) in [4.78, 5) is 20.1. The molecule has 0 N–H and O–H groups in total. The van der Waals surface area contributed by atoms with E-state index < -0.39 is 0 Å². The summed E-state index contributed by atoms with van der Waals surface area (Å²) in [6.07, 6.45) is 5.27. The van der Waals surface area contributed by atoms with E-state index in [1.54, 1.807) is 26.9 Å². The SMILES string of the molecule is CN1C(=O)N(c2ccc(C#Cc3cnn(C)c3)cn2)CC1(C)C. The highest BCUT2D eigenvalue weighted by Gasteiger charge is 2.41. The fourth-order valence-electron chi connectivity index (χ4n) is 2.43. The van der Waals surface area contributed by atoms with Crippen molar-refractivity contribution in [1.29, 1.82) is 0 Å². The highest BCUT2D eigenvalue weighted by molar-refractivity contribution is 5.94. The smallest absolute Gasteiger partial charge is 0.320 e. The predicted octanol–water partition coefficient (Wildman–Crippen LogP) is 1.87. The van der Waals surface area contributed by atoms with Gasteiger partial charge in [-0.25, -0.2) is 9.78 Å². The lowest BCUT2D eigenvalue weighted by atomic mass is 10.1. The van der Waals surface area contributed by atoms with Crippen LogP contribution >= 0.6 is 0 Å². The van der Waals surface area contributed by atoms with Crippen LogP contribution in [-0.4, -0.2) is 44.8 Å². The molecule has 1 saturated heterocycles. The van der Waals surface area contributed by atoms with E-state index in [1.807, 2.05) is 46.3 Å². The fraction of sp³-hybridized carbons (Fsp3) is 0.353. The Balaban J connectivity index is 1.78. The van der Waals surface area contributed by atoms with Crippen molar-refractivity contribution in [3.05, 3.63) is 41.9 Å². The van der Waals surface area contributed by atoms with Gasteiger partial charge in [-0.15, -0.1) is 0 Å². The van der Waals surface area contributed by atoms with E-state index in [2.05, 4.69) is 21.9 Å². The molecule has 0 saturated carbocycles. The summed E-state index contributed by atoms with van der Waals surface area (Å²) < 4.78 is 1.71. The van der Waals surface area contributed by atoms with Gasteiger partial charge in [0.1, 0.15) is 5.82 Å². The van der Waals surface area contributed by atoms with Gasteiger partial charge in [0.25, 0.3) is 0 Å². The number of hydrogen-bond donors (Lipinski definition) is 0. The second kappa shape index (κ2) is 5.43. The average molecular weight is 309 g/mol. The molecule has 2 amide bonds. The summed E-state index contributed by atoms with van der Waals surface area (Å²) in [6, 6.07) is 3.68. The van der Waals surface area contributed by atoms with Gasteiger partial charge in [0.2, 0.25) is 0 Å². The van der Waals surface area contributed by atoms with Gasteiger partial charge in [0, 0.05) is 32.1 Å². The topological polar surface area (TPSA) is 54.3 Å². The molecule has 1 aliphatic rings. The monoisotopic (exact) mass is 309 g/mol. The molecule has 118 valence electrons. The maximum absolute atomic E-state index is 12.3. The van der Waals surface area contributed by atoms with E-state index in [1.165, 1.54) is 0 Å². The molecule has 0 spiro atoms. The number of nitrogens with zero attached hydrogens (tertiary/aromatic N) is 5. The Kier molecular flexibility index (Phi) is 3.57. The minimum atomic E-state index is -0.197. The largest absolute Gasteiger partial charge is 0.325 e. The molecular weight excluding hydrogens is 290 g/mol. The zero-order valence-electron chi connectivity index (χ0n) is 13.7. The van der Waals surface area contributed by atoms with Crippen molar-refractivity contribution in [3.8, 4) is 11.8 Å². The van der Waals surface area contributed by atoms with Crippen molar-refractivity contribution in [2.24, 2.45) is 7.05 Å². The molecule has 0 aromatic carbocycles. The van der Waals surface area contributed by atoms with Crippen molar-refractivity contribution >= 4 is 11.8 Å². The third-order valence-electron chi connectivity index (χ3n) is 4.05. The summed E-state index contributed by atoms with van der Waals surface area (Å²) in [6.45, 7) is 4.70. The van der Waals surface area contributed by atoms with Crippen LogP contribution in [0.15, 0.2) is 30.7 Å². The Bertz CT molecular complexity index is 794. The van der Waals surface area contributed by atoms with Crippen LogP contribution in [0.25, 0.3) is 0 Å². The van der Waals surface area contributed by atoms with Crippen LogP contribution in [0.4, 0.5) is 10.6 Å². The number of pyridine rings is 1. The normalized spacial score (nSPS) is 16.4. The van der Waals surface area contributed by atoms with Gasteiger partial charge in [-0.05, 0) is 26.0 Å². The second-order valence-electron chi connectivity index (χ2n) is 6.30. The summed E-state index contributed by atoms with van der Waals surface area (Å²) >= 11 is 0. The zero-order chi connectivity index (χ0) is 16.6. The molecule has 0 aliphatic carbocycles. The number of carbonyl (C=O) groups excluding carboxylic acids is 1. The van der Waals surface area contributed by atoms with Crippen LogP contribution in [0, 0.1) is 11.8 Å². The molecule has 0 radical (unpaired) electrons. The fourth-order valence-corrected chi connectivity index (χ4v) is 2.43. The standard InChI is InChI=1S/C17H19N5O/c1-17(2)12-22(16(23)21(17)4)15-8-7-13(9-18-15)5-6-14-10-19-20(3)11-14/h7-11H,12H2,1-4H3. The van der Waals surface area contributed by atoms with Crippen molar-refractivity contribution in [2.45, 2.75) is 19.4 Å². The maximum atomic E-state index is 12.3. The average Bonchev–Trinajstić information content (AvgIpc) is 3.03. The molecule has 0 bridgehead atoms. The Morgan fingerprint density at radius 2 is 1.87 bits per heavy atom. The molecule has 6 heteroatoms. The molecule has 1 aliphatic heterocycles. The minimum absolute atomic E-state index is 0.0308. The lowest BCUT2D eigenvalue weighted by Gasteiger charge is -2.24. The third-order valence-corrected chi connectivity index (χ3v) is 4.05. The zero-order valence-corrected chi connectivity index (χ0v) is 13.7. The lowest BCUT2D eigenvalue weighted by molar-refractivity contribution is 0.198. The summed E-state index contributed by atoms with van der Waals surface area (Å²) in [7, 11) is 3.67. The molecule has 0 unspecified atom stereocenters. The molecule has 1 fully saturated rings. The molecule has 2 aromatic rings. The maximum Gasteiger partial charge on any atom is 0.325 e. The molecule has 3 heterocycles. The van der Waals surface area contributed by atoms with Crippen LogP contribution in [0.2, 0.25) is 0 Å². The Morgan fingerprint density at radius 3 is 2.39 bits per heavy atom. The van der Waals surface area contributed by atoms with E-state index in [-0.39, 0.29) is 11.6 Å². The first-order valence-corrected chi connectivity index (χ1v) is 7.39. The van der Waals surface area contributed by atoms with Gasteiger partial charge in [-0.1, -0.05) is 11.8 Å². The van der Waals surface area contributed by atoms with E-state index in [0.29, 0.717) is 12.4 Å². The van der Waals surface area contributed by atoms with Crippen molar-refractivity contribution in [1.82, 2.24) is 19.7 Å². The Morgan fingerprint density at radius 1 is 1.13 bits per heavy atom. The number of aryl methyl sites for hydroxylation is 1. The van der Waals surface area contributed by atoms with Gasteiger partial charge >= 0.3 is 6.03 Å². The van der Waals surface area contributed by atoms with Crippen LogP contribution in [0.1, 0.15) is 25.0 Å². The Hall–Kier alpha value is -2.81. The molecule has 6 nitrogen and oxygen atoms in total. The van der Waals surface area contributed by atoms with Crippen molar-refractivity contribution in [2.75, 3.05) is 18.5 Å². The van der Waals surface area contributed by atoms with Crippen molar-refractivity contribution < 1.29 is 4.79 Å². The van der Waals surface area contributed by atoms with Gasteiger partial charge in [0.15, 0.2) is 0 Å². The molecule has 3 rings (SSSR count). The first-order chi connectivity index (χ1) is 10.9. The van der Waals surface area contributed by atoms with Crippen LogP contribution in [-0.2, 0) is 7.05 Å². The third kappa shape index (κ3) is 2.90. The number of amides is 2. The van der Waals surface area contributed by atoms with E-state index >= 15 is 0 Å². The summed E-state index contributed by atoms with van der Waals surface area (Å²) in [5.41, 5.74) is 1.46. The number of likely N-dealkylation sites (N-methyl/N-ethyl adjacent to an activating group) is 1. The highest BCUT2D eigenvalue weighted by atomic mass is 16.2. The predicted molar refractivity (Wildman–Crippen MR) is 88.0 cm³/mol. The number of rotatable bonds is 1.